The standard InChI is InChI=1S/C10H11NO3/c1-12-8-4-3-5-9(10(8)13-2)14-7-6-11/h3-5H,7H2,1-2H3. The number of methoxy groups -OCH3 is 2. The topological polar surface area (TPSA) is 51.5 Å². The molecule has 0 heterocycles. The Bertz CT molecular complexity index is 344. The van der Waals surface area contributed by atoms with Gasteiger partial charge in [-0.2, -0.15) is 5.26 Å². The molecule has 0 amide bonds. The molecule has 0 aromatic heterocycles. The van der Waals surface area contributed by atoms with Crippen LogP contribution in [-0.2, 0) is 0 Å². The number of ether oxygens (including phenoxy) is 3. The molecule has 1 rings (SSSR count). The molecule has 0 bridgehead atoms. The summed E-state index contributed by atoms with van der Waals surface area (Å²) in [6, 6.07) is 7.14. The summed E-state index contributed by atoms with van der Waals surface area (Å²) < 4.78 is 15.3. The number of hydrogen-bond donors (Lipinski definition) is 0. The van der Waals surface area contributed by atoms with E-state index in [1.165, 1.54) is 7.11 Å². The van der Waals surface area contributed by atoms with Crippen LogP contribution in [0.3, 0.4) is 0 Å². The first kappa shape index (κ1) is 10.2. The van der Waals surface area contributed by atoms with Gasteiger partial charge in [0, 0.05) is 0 Å². The van der Waals surface area contributed by atoms with Crippen LogP contribution < -0.4 is 14.2 Å². The average Bonchev–Trinajstić information content (AvgIpc) is 2.25. The summed E-state index contributed by atoms with van der Waals surface area (Å²) >= 11 is 0. The van der Waals surface area contributed by atoms with E-state index >= 15 is 0 Å². The summed E-state index contributed by atoms with van der Waals surface area (Å²) in [6.07, 6.45) is 0. The summed E-state index contributed by atoms with van der Waals surface area (Å²) in [4.78, 5) is 0. The van der Waals surface area contributed by atoms with Crippen LogP contribution in [0, 0.1) is 11.3 Å². The van der Waals surface area contributed by atoms with Crippen molar-refractivity contribution >= 4 is 0 Å². The highest BCUT2D eigenvalue weighted by Crippen LogP contribution is 2.36. The summed E-state index contributed by atoms with van der Waals surface area (Å²) in [5.41, 5.74) is 0. The molecular formula is C10H11NO3. The van der Waals surface area contributed by atoms with Crippen molar-refractivity contribution in [1.29, 1.82) is 5.26 Å². The molecule has 0 aliphatic carbocycles. The van der Waals surface area contributed by atoms with Gasteiger partial charge in [0.05, 0.1) is 14.2 Å². The van der Waals surface area contributed by atoms with E-state index in [2.05, 4.69) is 0 Å². The molecule has 0 fully saturated rings. The molecule has 0 aliphatic rings. The van der Waals surface area contributed by atoms with E-state index in [1.54, 1.807) is 25.3 Å². The molecule has 4 nitrogen and oxygen atoms in total. The van der Waals surface area contributed by atoms with Gasteiger partial charge in [0.1, 0.15) is 6.07 Å². The Morgan fingerprint density at radius 1 is 1.21 bits per heavy atom. The molecule has 74 valence electrons. The zero-order chi connectivity index (χ0) is 10.4. The smallest absolute Gasteiger partial charge is 0.203 e. The van der Waals surface area contributed by atoms with Crippen LogP contribution in [0.15, 0.2) is 18.2 Å². The SMILES string of the molecule is COc1cccc(OCC#N)c1OC. The Kier molecular flexibility index (Phi) is 3.62. The van der Waals surface area contributed by atoms with Gasteiger partial charge in [0.2, 0.25) is 5.75 Å². The lowest BCUT2D eigenvalue weighted by molar-refractivity contribution is 0.309. The van der Waals surface area contributed by atoms with Crippen molar-refractivity contribution in [3.05, 3.63) is 18.2 Å². The minimum atomic E-state index is -0.0104. The maximum Gasteiger partial charge on any atom is 0.203 e. The molecule has 0 spiro atoms. The maximum atomic E-state index is 8.37. The second kappa shape index (κ2) is 4.97. The molecule has 4 heteroatoms. The second-order valence-electron chi connectivity index (χ2n) is 2.44. The average molecular weight is 193 g/mol. The van der Waals surface area contributed by atoms with Crippen molar-refractivity contribution in [2.75, 3.05) is 20.8 Å². The number of para-hydroxylation sites is 1. The van der Waals surface area contributed by atoms with Gasteiger partial charge >= 0.3 is 0 Å². The predicted octanol–water partition coefficient (Wildman–Crippen LogP) is 1.61. The van der Waals surface area contributed by atoms with Gasteiger partial charge in [-0.3, -0.25) is 0 Å². The number of benzene rings is 1. The first-order valence-corrected chi connectivity index (χ1v) is 4.04. The number of nitriles is 1. The highest BCUT2D eigenvalue weighted by molar-refractivity contribution is 5.51. The van der Waals surface area contributed by atoms with Gasteiger partial charge in [-0.1, -0.05) is 6.07 Å². The van der Waals surface area contributed by atoms with Crippen LogP contribution in [0.4, 0.5) is 0 Å². The fraction of sp³-hybridized carbons (Fsp3) is 0.300. The summed E-state index contributed by atoms with van der Waals surface area (Å²) in [5.74, 6) is 1.60. The summed E-state index contributed by atoms with van der Waals surface area (Å²) in [5, 5.41) is 8.37. The third kappa shape index (κ3) is 2.07. The van der Waals surface area contributed by atoms with Crippen molar-refractivity contribution in [3.63, 3.8) is 0 Å². The highest BCUT2D eigenvalue weighted by Gasteiger charge is 2.09. The first-order valence-electron chi connectivity index (χ1n) is 4.04. The lowest BCUT2D eigenvalue weighted by Gasteiger charge is -2.11. The molecule has 0 radical (unpaired) electrons. The third-order valence-electron chi connectivity index (χ3n) is 1.66. The highest BCUT2D eigenvalue weighted by atomic mass is 16.5. The van der Waals surface area contributed by atoms with Gasteiger partial charge in [-0.15, -0.1) is 0 Å². The lowest BCUT2D eigenvalue weighted by Crippen LogP contribution is -1.98. The van der Waals surface area contributed by atoms with Crippen LogP contribution in [-0.4, -0.2) is 20.8 Å². The summed E-state index contributed by atoms with van der Waals surface area (Å²) in [7, 11) is 3.07. The van der Waals surface area contributed by atoms with Gasteiger partial charge in [-0.25, -0.2) is 0 Å². The Labute approximate surface area is 82.6 Å². The van der Waals surface area contributed by atoms with Gasteiger partial charge in [0.25, 0.3) is 0 Å². The van der Waals surface area contributed by atoms with E-state index in [4.69, 9.17) is 19.5 Å². The van der Waals surface area contributed by atoms with Crippen molar-refractivity contribution in [2.24, 2.45) is 0 Å². The van der Waals surface area contributed by atoms with E-state index in [0.717, 1.165) is 0 Å². The minimum Gasteiger partial charge on any atom is -0.493 e. The van der Waals surface area contributed by atoms with Crippen molar-refractivity contribution in [2.45, 2.75) is 0 Å². The number of hydrogen-bond acceptors (Lipinski definition) is 4. The fourth-order valence-electron chi connectivity index (χ4n) is 1.08. The van der Waals surface area contributed by atoms with Crippen LogP contribution >= 0.6 is 0 Å². The van der Waals surface area contributed by atoms with E-state index in [9.17, 15) is 0 Å². The van der Waals surface area contributed by atoms with Crippen molar-refractivity contribution in [1.82, 2.24) is 0 Å². The molecule has 0 unspecified atom stereocenters. The van der Waals surface area contributed by atoms with Crippen molar-refractivity contribution in [3.8, 4) is 23.3 Å². The quantitative estimate of drug-likeness (QED) is 0.728. The molecule has 0 aliphatic heterocycles. The molecular weight excluding hydrogens is 182 g/mol. The van der Waals surface area contributed by atoms with E-state index in [1.807, 2.05) is 6.07 Å². The van der Waals surface area contributed by atoms with E-state index < -0.39 is 0 Å². The zero-order valence-corrected chi connectivity index (χ0v) is 8.11. The Morgan fingerprint density at radius 2 is 1.93 bits per heavy atom. The molecule has 0 saturated heterocycles. The monoisotopic (exact) mass is 193 g/mol. The van der Waals surface area contributed by atoms with E-state index in [0.29, 0.717) is 17.2 Å². The van der Waals surface area contributed by atoms with Gasteiger partial charge < -0.3 is 14.2 Å². The normalized spacial score (nSPS) is 8.93. The third-order valence-corrected chi connectivity index (χ3v) is 1.66. The van der Waals surface area contributed by atoms with Gasteiger partial charge in [0.15, 0.2) is 18.1 Å². The van der Waals surface area contributed by atoms with Crippen LogP contribution in [0.1, 0.15) is 0 Å². The number of nitrogens with zero attached hydrogens (tertiary/aromatic N) is 1. The van der Waals surface area contributed by atoms with Crippen LogP contribution in [0.5, 0.6) is 17.2 Å². The fourth-order valence-corrected chi connectivity index (χ4v) is 1.08. The Morgan fingerprint density at radius 3 is 2.50 bits per heavy atom. The van der Waals surface area contributed by atoms with Gasteiger partial charge in [-0.05, 0) is 12.1 Å². The Hall–Kier alpha value is -1.89. The van der Waals surface area contributed by atoms with Crippen LogP contribution in [0.2, 0.25) is 0 Å². The molecule has 14 heavy (non-hydrogen) atoms. The molecule has 1 aromatic rings. The Balaban J connectivity index is 2.97. The molecule has 0 atom stereocenters. The molecule has 0 N–H and O–H groups in total. The second-order valence-corrected chi connectivity index (χ2v) is 2.44. The lowest BCUT2D eigenvalue weighted by atomic mass is 10.3. The summed E-state index contributed by atoms with van der Waals surface area (Å²) in [6.45, 7) is -0.0104. The molecule has 0 saturated carbocycles. The van der Waals surface area contributed by atoms with Crippen LogP contribution in [0.25, 0.3) is 0 Å². The molecule has 1 aromatic carbocycles. The first-order chi connectivity index (χ1) is 6.83. The zero-order valence-electron chi connectivity index (χ0n) is 8.11. The number of rotatable bonds is 4. The predicted molar refractivity (Wildman–Crippen MR) is 50.7 cm³/mol. The van der Waals surface area contributed by atoms with E-state index in [-0.39, 0.29) is 6.61 Å². The maximum absolute atomic E-state index is 8.37. The minimum absolute atomic E-state index is 0.0104. The van der Waals surface area contributed by atoms with Crippen molar-refractivity contribution < 1.29 is 14.2 Å². The largest absolute Gasteiger partial charge is 0.493 e.